The number of carbonyl (C=O) groups is 1. The van der Waals surface area contributed by atoms with Gasteiger partial charge in [-0.3, -0.25) is 9.59 Å². The van der Waals surface area contributed by atoms with Crippen LogP contribution in [-0.2, 0) is 0 Å². The Balaban J connectivity index is 3.45. The van der Waals surface area contributed by atoms with Gasteiger partial charge in [0.15, 0.2) is 6.29 Å². The number of aldehydes is 1. The summed E-state index contributed by atoms with van der Waals surface area (Å²) in [5.41, 5.74) is 5.03. The van der Waals surface area contributed by atoms with E-state index in [0.29, 0.717) is 6.29 Å². The fourth-order valence-electron chi connectivity index (χ4n) is 0.627. The molecule has 0 fully saturated rings. The molecule has 0 spiro atoms. The van der Waals surface area contributed by atoms with Crippen molar-refractivity contribution >= 4 is 12.0 Å². The summed E-state index contributed by atoms with van der Waals surface area (Å²) >= 11 is 0. The number of aromatic amines is 1. The van der Waals surface area contributed by atoms with Gasteiger partial charge in [-0.15, -0.1) is 0 Å². The highest BCUT2D eigenvalue weighted by Gasteiger charge is 1.99. The van der Waals surface area contributed by atoms with Crippen molar-refractivity contribution in [3.63, 3.8) is 0 Å². The van der Waals surface area contributed by atoms with Crippen LogP contribution in [-0.4, -0.2) is 11.3 Å². The van der Waals surface area contributed by atoms with E-state index in [0.717, 1.165) is 0 Å². The zero-order valence-electron chi connectivity index (χ0n) is 5.13. The molecule has 0 bridgehead atoms. The van der Waals surface area contributed by atoms with E-state index in [1.807, 2.05) is 0 Å². The van der Waals surface area contributed by atoms with E-state index >= 15 is 0 Å². The first-order valence-electron chi connectivity index (χ1n) is 2.68. The lowest BCUT2D eigenvalue weighted by atomic mass is 10.2. The molecule has 3 N–H and O–H groups in total. The molecule has 10 heavy (non-hydrogen) atoms. The zero-order valence-corrected chi connectivity index (χ0v) is 5.13. The Morgan fingerprint density at radius 1 is 1.60 bits per heavy atom. The topological polar surface area (TPSA) is 76.0 Å². The van der Waals surface area contributed by atoms with Crippen molar-refractivity contribution in [3.8, 4) is 0 Å². The van der Waals surface area contributed by atoms with Crippen LogP contribution in [0.15, 0.2) is 17.1 Å². The SMILES string of the molecule is Nc1cc[nH]c(=O)c1C=O. The van der Waals surface area contributed by atoms with Crippen LogP contribution in [0.25, 0.3) is 0 Å². The number of hydrogen-bond donors (Lipinski definition) is 2. The van der Waals surface area contributed by atoms with Gasteiger partial charge in [0.05, 0.1) is 0 Å². The van der Waals surface area contributed by atoms with Gasteiger partial charge in [-0.25, -0.2) is 0 Å². The number of nitrogen functional groups attached to an aromatic ring is 1. The molecule has 0 saturated heterocycles. The number of nitrogens with one attached hydrogen (secondary N) is 1. The number of rotatable bonds is 1. The van der Waals surface area contributed by atoms with E-state index in [4.69, 9.17) is 5.73 Å². The molecular formula is C6H6N2O2. The van der Waals surface area contributed by atoms with E-state index in [9.17, 15) is 9.59 Å². The Morgan fingerprint density at radius 2 is 2.30 bits per heavy atom. The minimum absolute atomic E-state index is 0.0116. The zero-order chi connectivity index (χ0) is 7.56. The highest BCUT2D eigenvalue weighted by Crippen LogP contribution is 1.98. The molecule has 0 amide bonds. The van der Waals surface area contributed by atoms with Gasteiger partial charge in [0, 0.05) is 11.9 Å². The second kappa shape index (κ2) is 2.34. The van der Waals surface area contributed by atoms with Crippen molar-refractivity contribution in [2.75, 3.05) is 5.73 Å². The maximum Gasteiger partial charge on any atom is 0.260 e. The number of nitrogens with two attached hydrogens (primary N) is 1. The van der Waals surface area contributed by atoms with Crippen LogP contribution < -0.4 is 11.3 Å². The molecule has 1 rings (SSSR count). The van der Waals surface area contributed by atoms with E-state index in [1.165, 1.54) is 12.3 Å². The average molecular weight is 138 g/mol. The smallest absolute Gasteiger partial charge is 0.260 e. The number of anilines is 1. The maximum atomic E-state index is 10.7. The first-order chi connectivity index (χ1) is 4.75. The monoisotopic (exact) mass is 138 g/mol. The molecule has 0 unspecified atom stereocenters. The molecule has 0 radical (unpaired) electrons. The fourth-order valence-corrected chi connectivity index (χ4v) is 0.627. The van der Waals surface area contributed by atoms with Crippen molar-refractivity contribution in [2.24, 2.45) is 0 Å². The molecule has 0 saturated carbocycles. The molecule has 0 atom stereocenters. The molecule has 4 nitrogen and oxygen atoms in total. The molecule has 0 aliphatic carbocycles. The predicted molar refractivity (Wildman–Crippen MR) is 36.9 cm³/mol. The van der Waals surface area contributed by atoms with Gasteiger partial charge in [-0.05, 0) is 6.07 Å². The van der Waals surface area contributed by atoms with E-state index in [2.05, 4.69) is 4.98 Å². The molecule has 0 aliphatic rings. The lowest BCUT2D eigenvalue weighted by molar-refractivity contribution is 0.112. The lowest BCUT2D eigenvalue weighted by Crippen LogP contribution is -2.13. The molecule has 1 aromatic rings. The first kappa shape index (κ1) is 6.54. The van der Waals surface area contributed by atoms with Gasteiger partial charge in [-0.1, -0.05) is 0 Å². The summed E-state index contributed by atoms with van der Waals surface area (Å²) in [5.74, 6) is 0. The van der Waals surface area contributed by atoms with Gasteiger partial charge in [-0.2, -0.15) is 0 Å². The minimum Gasteiger partial charge on any atom is -0.398 e. The maximum absolute atomic E-state index is 10.7. The standard InChI is InChI=1S/C6H6N2O2/c7-5-1-2-8-6(10)4(5)3-9/h1-3H,(H3,7,8,10). The van der Waals surface area contributed by atoms with Gasteiger partial charge in [0.2, 0.25) is 0 Å². The molecule has 52 valence electrons. The van der Waals surface area contributed by atoms with Crippen molar-refractivity contribution in [2.45, 2.75) is 0 Å². The predicted octanol–water partition coefficient (Wildman–Crippen LogP) is -0.230. The van der Waals surface area contributed by atoms with Crippen LogP contribution >= 0.6 is 0 Å². The minimum atomic E-state index is -0.449. The Morgan fingerprint density at radius 3 is 2.70 bits per heavy atom. The van der Waals surface area contributed by atoms with Crippen LogP contribution in [0, 0.1) is 0 Å². The Bertz CT molecular complexity index is 303. The van der Waals surface area contributed by atoms with Crippen LogP contribution in [0.1, 0.15) is 10.4 Å². The van der Waals surface area contributed by atoms with Crippen LogP contribution in [0.2, 0.25) is 0 Å². The summed E-state index contributed by atoms with van der Waals surface area (Å²) in [4.78, 5) is 23.2. The Kier molecular flexibility index (Phi) is 1.53. The summed E-state index contributed by atoms with van der Waals surface area (Å²) in [6, 6.07) is 1.46. The first-order valence-corrected chi connectivity index (χ1v) is 2.68. The second-order valence-electron chi connectivity index (χ2n) is 1.79. The van der Waals surface area contributed by atoms with Crippen molar-refractivity contribution in [1.29, 1.82) is 0 Å². The van der Waals surface area contributed by atoms with E-state index in [1.54, 1.807) is 0 Å². The quantitative estimate of drug-likeness (QED) is 0.526. The van der Waals surface area contributed by atoms with Gasteiger partial charge in [0.1, 0.15) is 5.56 Å². The molecule has 1 heterocycles. The number of pyridine rings is 1. The molecule has 0 aromatic carbocycles. The van der Waals surface area contributed by atoms with E-state index < -0.39 is 5.56 Å². The Hall–Kier alpha value is -1.58. The second-order valence-corrected chi connectivity index (χ2v) is 1.79. The summed E-state index contributed by atoms with van der Waals surface area (Å²) in [7, 11) is 0. The lowest BCUT2D eigenvalue weighted by Gasteiger charge is -1.92. The summed E-state index contributed by atoms with van der Waals surface area (Å²) in [5, 5.41) is 0. The molecule has 1 aromatic heterocycles. The third kappa shape index (κ3) is 0.907. The third-order valence-corrected chi connectivity index (χ3v) is 1.15. The van der Waals surface area contributed by atoms with E-state index in [-0.39, 0.29) is 11.3 Å². The van der Waals surface area contributed by atoms with Crippen molar-refractivity contribution < 1.29 is 4.79 Å². The van der Waals surface area contributed by atoms with Crippen LogP contribution in [0.5, 0.6) is 0 Å². The summed E-state index contributed by atoms with van der Waals surface area (Å²) in [6.07, 6.45) is 1.83. The summed E-state index contributed by atoms with van der Waals surface area (Å²) < 4.78 is 0. The average Bonchev–Trinajstić information content (AvgIpc) is 1.88. The summed E-state index contributed by atoms with van der Waals surface area (Å²) in [6.45, 7) is 0. The highest BCUT2D eigenvalue weighted by atomic mass is 16.1. The van der Waals surface area contributed by atoms with Crippen molar-refractivity contribution in [3.05, 3.63) is 28.2 Å². The van der Waals surface area contributed by atoms with Gasteiger partial charge in [0.25, 0.3) is 5.56 Å². The van der Waals surface area contributed by atoms with Gasteiger partial charge < -0.3 is 10.7 Å². The number of H-pyrrole nitrogens is 1. The normalized spacial score (nSPS) is 9.20. The fraction of sp³-hybridized carbons (Fsp3) is 0. The number of hydrogen-bond acceptors (Lipinski definition) is 3. The van der Waals surface area contributed by atoms with Gasteiger partial charge >= 0.3 is 0 Å². The largest absolute Gasteiger partial charge is 0.398 e. The highest BCUT2D eigenvalue weighted by molar-refractivity contribution is 5.82. The third-order valence-electron chi connectivity index (χ3n) is 1.15. The number of carbonyl (C=O) groups excluding carboxylic acids is 1. The molecule has 0 aliphatic heterocycles. The molecular weight excluding hydrogens is 132 g/mol. The number of aromatic nitrogens is 1. The van der Waals surface area contributed by atoms with Crippen LogP contribution in [0.3, 0.4) is 0 Å². The van der Waals surface area contributed by atoms with Crippen molar-refractivity contribution in [1.82, 2.24) is 4.98 Å². The molecule has 4 heteroatoms. The Labute approximate surface area is 56.7 Å². The van der Waals surface area contributed by atoms with Crippen LogP contribution in [0.4, 0.5) is 5.69 Å².